The van der Waals surface area contributed by atoms with Crippen molar-refractivity contribution in [2.45, 2.75) is 63.5 Å². The molecule has 3 N–H and O–H groups in total. The van der Waals surface area contributed by atoms with Gasteiger partial charge >= 0.3 is 6.18 Å². The predicted molar refractivity (Wildman–Crippen MR) is 120 cm³/mol. The minimum atomic E-state index is -4.51. The van der Waals surface area contributed by atoms with Crippen LogP contribution in [0.2, 0.25) is 0 Å². The summed E-state index contributed by atoms with van der Waals surface area (Å²) < 4.78 is 43.4. The Labute approximate surface area is 194 Å². The first-order valence-electron chi connectivity index (χ1n) is 10.9. The van der Waals surface area contributed by atoms with Crippen molar-refractivity contribution in [1.29, 1.82) is 0 Å². The van der Waals surface area contributed by atoms with Crippen LogP contribution in [0.25, 0.3) is 0 Å². The number of likely N-dealkylation sites (N-methyl/N-ethyl adjacent to an activating group) is 1. The molecule has 4 rings (SSSR count). The number of ether oxygens (including phenoxy) is 1. The maximum atomic E-state index is 12.7. The van der Waals surface area contributed by atoms with Crippen LogP contribution in [0.3, 0.4) is 0 Å². The van der Waals surface area contributed by atoms with Crippen LogP contribution >= 0.6 is 0 Å². The topological polar surface area (TPSA) is 117 Å². The molecule has 34 heavy (non-hydrogen) atoms. The zero-order valence-corrected chi connectivity index (χ0v) is 19.3. The number of hydrogen-bond donors (Lipinski definition) is 3. The van der Waals surface area contributed by atoms with Crippen molar-refractivity contribution in [3.8, 4) is 0 Å². The molecule has 10 nitrogen and oxygen atoms in total. The molecule has 2 aromatic rings. The van der Waals surface area contributed by atoms with Gasteiger partial charge in [0.25, 0.3) is 0 Å². The first-order chi connectivity index (χ1) is 16.1. The third-order valence-electron chi connectivity index (χ3n) is 6.22. The summed E-state index contributed by atoms with van der Waals surface area (Å²) >= 11 is 0. The van der Waals surface area contributed by atoms with Crippen LogP contribution in [0.1, 0.15) is 37.6 Å². The molecule has 13 heteroatoms. The molecule has 1 saturated carbocycles. The van der Waals surface area contributed by atoms with E-state index in [9.17, 15) is 18.0 Å². The average molecular weight is 480 g/mol. The van der Waals surface area contributed by atoms with Gasteiger partial charge < -0.3 is 25.6 Å². The summed E-state index contributed by atoms with van der Waals surface area (Å²) in [5, 5.41) is 9.38. The molecule has 3 heterocycles. The molecule has 2 aliphatic rings. The molecule has 184 valence electrons. The van der Waals surface area contributed by atoms with Crippen molar-refractivity contribution < 1.29 is 22.7 Å². The van der Waals surface area contributed by atoms with E-state index in [4.69, 9.17) is 4.74 Å². The van der Waals surface area contributed by atoms with Crippen molar-refractivity contribution in [3.05, 3.63) is 23.8 Å². The van der Waals surface area contributed by atoms with Crippen LogP contribution in [0, 0.1) is 6.92 Å². The standard InChI is InChI=1S/C21H27F3N8O2/c1-10-16-18(32(3)17(11(2)34-4)19(33)30-16)31-20(27-10)29-13-6-5-12(7-13)28-15-9-25-14(8-26-15)21(22,23)24/h8-9,11-13,17H,5-7H2,1-4H3,(H,26,28)(H,30,33)(H,27,29,31)/t11-,12+,13-,17?/m1/s1. The number of anilines is 4. The highest BCUT2D eigenvalue weighted by Crippen LogP contribution is 2.34. The third kappa shape index (κ3) is 4.83. The number of carbonyl (C=O) groups is 1. The van der Waals surface area contributed by atoms with Crippen LogP contribution in [0.15, 0.2) is 12.4 Å². The number of amides is 1. The minimum absolute atomic E-state index is 0.0242. The molecule has 1 fully saturated rings. The second kappa shape index (κ2) is 9.20. The molecule has 0 radical (unpaired) electrons. The first-order valence-corrected chi connectivity index (χ1v) is 10.9. The van der Waals surface area contributed by atoms with Crippen molar-refractivity contribution in [1.82, 2.24) is 19.9 Å². The number of fused-ring (bicyclic) bond motifs is 1. The lowest BCUT2D eigenvalue weighted by Crippen LogP contribution is -2.53. The Morgan fingerprint density at radius 2 is 1.88 bits per heavy atom. The maximum absolute atomic E-state index is 12.7. The molecule has 1 aliphatic carbocycles. The van der Waals surface area contributed by atoms with Crippen LogP contribution in [0.5, 0.6) is 0 Å². The van der Waals surface area contributed by atoms with Gasteiger partial charge in [0.15, 0.2) is 11.5 Å². The zero-order valence-electron chi connectivity index (χ0n) is 19.3. The minimum Gasteiger partial charge on any atom is -0.379 e. The molecule has 1 amide bonds. The van der Waals surface area contributed by atoms with Crippen molar-refractivity contribution in [3.63, 3.8) is 0 Å². The smallest absolute Gasteiger partial charge is 0.379 e. The van der Waals surface area contributed by atoms with E-state index in [1.54, 1.807) is 19.1 Å². The summed E-state index contributed by atoms with van der Waals surface area (Å²) in [4.78, 5) is 30.8. The molecular weight excluding hydrogens is 453 g/mol. The Balaban J connectivity index is 1.42. The molecule has 1 unspecified atom stereocenters. The second-order valence-corrected chi connectivity index (χ2v) is 8.60. The fourth-order valence-electron chi connectivity index (χ4n) is 4.37. The number of alkyl halides is 3. The highest BCUT2D eigenvalue weighted by Gasteiger charge is 2.37. The number of nitrogens with zero attached hydrogens (tertiary/aromatic N) is 5. The van der Waals surface area contributed by atoms with Gasteiger partial charge in [0.2, 0.25) is 11.9 Å². The summed E-state index contributed by atoms with van der Waals surface area (Å²) in [5.74, 6) is 1.18. The van der Waals surface area contributed by atoms with E-state index < -0.39 is 17.9 Å². The SMILES string of the molecule is CO[C@H](C)C1C(=O)Nc2c(C)nc(N[C@@H]3CC[C@H](Nc4cnc(C(F)(F)F)cn4)C3)nc2N1C. The summed E-state index contributed by atoms with van der Waals surface area (Å²) in [6.45, 7) is 3.63. The molecule has 1 aliphatic heterocycles. The zero-order chi connectivity index (χ0) is 24.6. The molecular formula is C21H27F3N8O2. The highest BCUT2D eigenvalue weighted by molar-refractivity contribution is 6.03. The number of nitrogens with one attached hydrogen (secondary N) is 3. The van der Waals surface area contributed by atoms with E-state index in [0.717, 1.165) is 25.2 Å². The predicted octanol–water partition coefficient (Wildman–Crippen LogP) is 2.83. The van der Waals surface area contributed by atoms with Crippen molar-refractivity contribution in [2.24, 2.45) is 0 Å². The van der Waals surface area contributed by atoms with Gasteiger partial charge in [0.1, 0.15) is 17.5 Å². The van der Waals surface area contributed by atoms with Gasteiger partial charge in [-0.3, -0.25) is 4.79 Å². The normalized spacial score (nSPS) is 23.3. The number of aryl methyl sites for hydroxylation is 1. The lowest BCUT2D eigenvalue weighted by molar-refractivity contribution is -0.141. The Kier molecular flexibility index (Phi) is 6.47. The van der Waals surface area contributed by atoms with Gasteiger partial charge in [0.05, 0.1) is 24.2 Å². The quantitative estimate of drug-likeness (QED) is 0.574. The first kappa shape index (κ1) is 23.9. The maximum Gasteiger partial charge on any atom is 0.434 e. The van der Waals surface area contributed by atoms with Gasteiger partial charge in [-0.2, -0.15) is 18.2 Å². The van der Waals surface area contributed by atoms with E-state index in [2.05, 4.69) is 35.9 Å². The van der Waals surface area contributed by atoms with Crippen molar-refractivity contribution >= 4 is 29.2 Å². The number of aromatic nitrogens is 4. The summed E-state index contributed by atoms with van der Waals surface area (Å²) in [5.41, 5.74) is 0.195. The largest absolute Gasteiger partial charge is 0.434 e. The Bertz CT molecular complexity index is 1050. The van der Waals surface area contributed by atoms with Gasteiger partial charge in [-0.1, -0.05) is 0 Å². The second-order valence-electron chi connectivity index (χ2n) is 8.60. The molecule has 0 saturated heterocycles. The molecule has 0 bridgehead atoms. The van der Waals surface area contributed by atoms with Crippen LogP contribution in [-0.4, -0.2) is 64.2 Å². The molecule has 4 atom stereocenters. The van der Waals surface area contributed by atoms with E-state index in [-0.39, 0.29) is 24.1 Å². The Morgan fingerprint density at radius 3 is 2.50 bits per heavy atom. The number of hydrogen-bond acceptors (Lipinski definition) is 9. The van der Waals surface area contributed by atoms with E-state index >= 15 is 0 Å². The number of carbonyl (C=O) groups excluding carboxylic acids is 1. The van der Waals surface area contributed by atoms with Crippen LogP contribution in [0.4, 0.5) is 36.4 Å². The molecule has 0 aromatic carbocycles. The fraction of sp³-hybridized carbons (Fsp3) is 0.571. The number of methoxy groups -OCH3 is 1. The lowest BCUT2D eigenvalue weighted by atomic mass is 10.1. The van der Waals surface area contributed by atoms with Crippen LogP contribution in [-0.2, 0) is 15.7 Å². The van der Waals surface area contributed by atoms with Crippen molar-refractivity contribution in [2.75, 3.05) is 35.0 Å². The third-order valence-corrected chi connectivity index (χ3v) is 6.22. The van der Waals surface area contributed by atoms with E-state index in [1.165, 1.54) is 0 Å². The van der Waals surface area contributed by atoms with Crippen LogP contribution < -0.4 is 20.9 Å². The number of halogens is 3. The summed E-state index contributed by atoms with van der Waals surface area (Å²) in [7, 11) is 3.36. The number of rotatable bonds is 6. The molecule has 0 spiro atoms. The Hall–Kier alpha value is -3.22. The lowest BCUT2D eigenvalue weighted by Gasteiger charge is -2.37. The average Bonchev–Trinajstić information content (AvgIpc) is 3.21. The van der Waals surface area contributed by atoms with E-state index in [1.807, 2.05) is 13.8 Å². The van der Waals surface area contributed by atoms with Gasteiger partial charge in [0, 0.05) is 26.2 Å². The van der Waals surface area contributed by atoms with Gasteiger partial charge in [-0.15, -0.1) is 0 Å². The van der Waals surface area contributed by atoms with Gasteiger partial charge in [-0.25, -0.2) is 15.0 Å². The molecule has 2 aromatic heterocycles. The highest BCUT2D eigenvalue weighted by atomic mass is 19.4. The Morgan fingerprint density at radius 1 is 1.18 bits per heavy atom. The fourth-order valence-corrected chi connectivity index (χ4v) is 4.37. The summed E-state index contributed by atoms with van der Waals surface area (Å²) in [6, 6.07) is -0.435. The monoisotopic (exact) mass is 480 g/mol. The van der Waals surface area contributed by atoms with Gasteiger partial charge in [-0.05, 0) is 33.1 Å². The van der Waals surface area contributed by atoms with E-state index in [0.29, 0.717) is 35.4 Å². The summed E-state index contributed by atoms with van der Waals surface area (Å²) in [6.07, 6.45) is -0.697.